The van der Waals surface area contributed by atoms with Crippen molar-refractivity contribution in [2.45, 2.75) is 59.9 Å². The van der Waals surface area contributed by atoms with E-state index in [4.69, 9.17) is 19.5 Å². The minimum atomic E-state index is -0.178. The summed E-state index contributed by atoms with van der Waals surface area (Å²) >= 11 is 0. The lowest BCUT2D eigenvalue weighted by Crippen LogP contribution is -2.31. The first kappa shape index (κ1) is 31.7. The fraction of sp³-hybridized carbons (Fsp3) is 0.302. The predicted octanol–water partition coefficient (Wildman–Crippen LogP) is 11.0. The van der Waals surface area contributed by atoms with Crippen LogP contribution < -0.4 is 9.64 Å². The molecule has 0 bridgehead atoms. The van der Waals surface area contributed by atoms with Crippen LogP contribution in [0.4, 0.5) is 17.2 Å². The number of aliphatic imine (C=N–C) groups is 1. The van der Waals surface area contributed by atoms with Crippen LogP contribution in [0, 0.1) is 24.7 Å². The highest BCUT2D eigenvalue weighted by molar-refractivity contribution is 5.97. The number of para-hydroxylation sites is 1. The largest absolute Gasteiger partial charge is 0.475 e. The summed E-state index contributed by atoms with van der Waals surface area (Å²) in [6.45, 7) is 16.4. The van der Waals surface area contributed by atoms with Gasteiger partial charge in [-0.15, -0.1) is 0 Å². The van der Waals surface area contributed by atoms with Crippen molar-refractivity contribution in [1.29, 1.82) is 0 Å². The van der Waals surface area contributed by atoms with E-state index in [2.05, 4.69) is 144 Å². The van der Waals surface area contributed by atoms with Gasteiger partial charge in [-0.25, -0.2) is 9.98 Å². The number of anilines is 3. The summed E-state index contributed by atoms with van der Waals surface area (Å²) in [4.78, 5) is 12.3. The lowest BCUT2D eigenvalue weighted by molar-refractivity contribution is 0.198. The Kier molecular flexibility index (Phi) is 8.32. The number of rotatable bonds is 8. The van der Waals surface area contributed by atoms with E-state index in [1.54, 1.807) is 0 Å². The average Bonchev–Trinajstić information content (AvgIpc) is 3.54. The summed E-state index contributed by atoms with van der Waals surface area (Å²) in [6, 6.07) is 36.2. The third-order valence-electron chi connectivity index (χ3n) is 9.94. The van der Waals surface area contributed by atoms with Crippen molar-refractivity contribution in [3.8, 4) is 22.6 Å². The lowest BCUT2D eigenvalue weighted by Gasteiger charge is -2.41. The normalized spacial score (nSPS) is 16.5. The van der Waals surface area contributed by atoms with Crippen molar-refractivity contribution < 1.29 is 9.47 Å². The Morgan fingerprint density at radius 3 is 2.21 bits per heavy atom. The van der Waals surface area contributed by atoms with Crippen LogP contribution in [-0.2, 0) is 10.2 Å². The Morgan fingerprint density at radius 1 is 0.750 bits per heavy atom. The fourth-order valence-electron chi connectivity index (χ4n) is 7.81. The van der Waals surface area contributed by atoms with Gasteiger partial charge in [0.05, 0.1) is 17.4 Å². The molecule has 0 unspecified atom stereocenters. The van der Waals surface area contributed by atoms with E-state index in [1.165, 1.54) is 11.1 Å². The van der Waals surface area contributed by atoms with E-state index in [9.17, 15) is 0 Å². The van der Waals surface area contributed by atoms with Gasteiger partial charge in [0.2, 0.25) is 5.90 Å². The molecule has 0 N–H and O–H groups in total. The van der Waals surface area contributed by atoms with E-state index in [0.717, 1.165) is 50.9 Å². The summed E-state index contributed by atoms with van der Waals surface area (Å²) in [5, 5.41) is 0. The molecule has 3 heterocycles. The number of pyridine rings is 1. The van der Waals surface area contributed by atoms with Crippen molar-refractivity contribution in [1.82, 2.24) is 4.98 Å². The third kappa shape index (κ3) is 5.87. The first-order valence-corrected chi connectivity index (χ1v) is 17.2. The molecule has 2 aliphatic rings. The van der Waals surface area contributed by atoms with Gasteiger partial charge in [0.1, 0.15) is 23.9 Å². The van der Waals surface area contributed by atoms with Crippen LogP contribution in [0.3, 0.4) is 0 Å². The number of aromatic nitrogens is 1. The van der Waals surface area contributed by atoms with Gasteiger partial charge in [-0.05, 0) is 89.4 Å². The lowest BCUT2D eigenvalue weighted by atomic mass is 9.74. The molecule has 2 aliphatic heterocycles. The maximum Gasteiger partial charge on any atom is 0.216 e. The molecule has 1 aromatic heterocycles. The molecule has 0 fully saturated rings. The molecule has 5 nitrogen and oxygen atoms in total. The van der Waals surface area contributed by atoms with E-state index in [1.807, 2.05) is 18.3 Å². The van der Waals surface area contributed by atoms with Crippen molar-refractivity contribution in [3.05, 3.63) is 132 Å². The van der Waals surface area contributed by atoms with Gasteiger partial charge < -0.3 is 9.47 Å². The fourth-order valence-corrected chi connectivity index (χ4v) is 7.81. The smallest absolute Gasteiger partial charge is 0.216 e. The number of hydrogen-bond acceptors (Lipinski definition) is 5. The Balaban J connectivity index is 1.29. The molecule has 0 saturated carbocycles. The zero-order chi connectivity index (χ0) is 33.6. The topological polar surface area (TPSA) is 47.0 Å². The highest BCUT2D eigenvalue weighted by atomic mass is 16.5. The Bertz CT molecular complexity index is 1920. The first-order valence-electron chi connectivity index (χ1n) is 17.2. The molecule has 5 aromatic rings. The van der Waals surface area contributed by atoms with Crippen molar-refractivity contribution in [2.24, 2.45) is 22.7 Å². The molecule has 0 radical (unpaired) electrons. The number of hydrogen-bond donors (Lipinski definition) is 0. The maximum atomic E-state index is 6.76. The van der Waals surface area contributed by atoms with Gasteiger partial charge >= 0.3 is 0 Å². The highest BCUT2D eigenvalue weighted by Crippen LogP contribution is 2.51. The van der Waals surface area contributed by atoms with Gasteiger partial charge in [0.15, 0.2) is 0 Å². The number of benzene rings is 4. The summed E-state index contributed by atoms with van der Waals surface area (Å²) in [6.07, 6.45) is 1.88. The minimum absolute atomic E-state index is 0.137. The zero-order valence-corrected chi connectivity index (χ0v) is 29.1. The standard InChI is InChI=1S/C43H45N3O2/c1-27(2)40(28(3)4)38-26-47-42(45-38)32-22-31(30-14-9-8-10-15-30)23-35(24-32)48-34-21-29(5)20-33(25-34)46-39-18-12-11-16-36(39)43(6,7)37-17-13-19-44-41(37)46/h8-25,27-28,38,40H,26H2,1-7H3/t38-/m0/s1. The van der Waals surface area contributed by atoms with Gasteiger partial charge in [-0.2, -0.15) is 0 Å². The van der Waals surface area contributed by atoms with Gasteiger partial charge in [0, 0.05) is 28.8 Å². The minimum Gasteiger partial charge on any atom is -0.475 e. The van der Waals surface area contributed by atoms with Crippen LogP contribution in [0.15, 0.2) is 114 Å². The highest BCUT2D eigenvalue weighted by Gasteiger charge is 2.38. The number of ether oxygens (including phenoxy) is 2. The Labute approximate surface area is 285 Å². The average molecular weight is 636 g/mol. The Morgan fingerprint density at radius 2 is 1.44 bits per heavy atom. The quantitative estimate of drug-likeness (QED) is 0.170. The predicted molar refractivity (Wildman–Crippen MR) is 197 cm³/mol. The van der Waals surface area contributed by atoms with Gasteiger partial charge in [-0.3, -0.25) is 4.90 Å². The second-order valence-corrected chi connectivity index (χ2v) is 14.4. The third-order valence-corrected chi connectivity index (χ3v) is 9.94. The second-order valence-electron chi connectivity index (χ2n) is 14.4. The van der Waals surface area contributed by atoms with E-state index in [-0.39, 0.29) is 11.5 Å². The van der Waals surface area contributed by atoms with E-state index in [0.29, 0.717) is 30.3 Å². The molecule has 244 valence electrons. The first-order chi connectivity index (χ1) is 23.1. The molecule has 4 aromatic carbocycles. The summed E-state index contributed by atoms with van der Waals surface area (Å²) in [5.41, 5.74) is 8.62. The van der Waals surface area contributed by atoms with Crippen LogP contribution in [0.25, 0.3) is 11.1 Å². The van der Waals surface area contributed by atoms with Crippen LogP contribution in [0.5, 0.6) is 11.5 Å². The second kappa shape index (κ2) is 12.6. The van der Waals surface area contributed by atoms with Crippen LogP contribution >= 0.6 is 0 Å². The van der Waals surface area contributed by atoms with Gasteiger partial charge in [-0.1, -0.05) is 96.1 Å². The van der Waals surface area contributed by atoms with Crippen molar-refractivity contribution in [2.75, 3.05) is 11.5 Å². The molecular weight excluding hydrogens is 590 g/mol. The molecule has 48 heavy (non-hydrogen) atoms. The van der Waals surface area contributed by atoms with Crippen molar-refractivity contribution >= 4 is 23.1 Å². The SMILES string of the molecule is Cc1cc(Oc2cc(C3=N[C@H](C(C(C)C)C(C)C)CO3)cc(-c3ccccc3)c2)cc(N2c3ccccc3C(C)(C)c3cccnc32)c1. The molecule has 5 heteroatoms. The van der Waals surface area contributed by atoms with E-state index >= 15 is 0 Å². The molecule has 0 saturated heterocycles. The maximum absolute atomic E-state index is 6.76. The summed E-state index contributed by atoms with van der Waals surface area (Å²) in [5.74, 6) is 4.62. The van der Waals surface area contributed by atoms with Crippen LogP contribution in [-0.4, -0.2) is 23.5 Å². The van der Waals surface area contributed by atoms with Gasteiger partial charge in [0.25, 0.3) is 0 Å². The number of fused-ring (bicyclic) bond motifs is 2. The monoisotopic (exact) mass is 635 g/mol. The molecule has 0 aliphatic carbocycles. The van der Waals surface area contributed by atoms with E-state index < -0.39 is 0 Å². The summed E-state index contributed by atoms with van der Waals surface area (Å²) < 4.78 is 13.1. The Hall–Kier alpha value is -4.90. The van der Waals surface area contributed by atoms with Crippen molar-refractivity contribution in [3.63, 3.8) is 0 Å². The number of nitrogens with zero attached hydrogens (tertiary/aromatic N) is 3. The summed E-state index contributed by atoms with van der Waals surface area (Å²) in [7, 11) is 0. The van der Waals surface area contributed by atoms with Crippen LogP contribution in [0.1, 0.15) is 63.8 Å². The molecule has 7 rings (SSSR count). The zero-order valence-electron chi connectivity index (χ0n) is 29.1. The molecule has 0 amide bonds. The molecule has 1 atom stereocenters. The number of aryl methyl sites for hydroxylation is 1. The van der Waals surface area contributed by atoms with Crippen LogP contribution in [0.2, 0.25) is 0 Å². The molecular formula is C43H45N3O2. The molecule has 0 spiro atoms.